The number of aryl methyl sites for hydroxylation is 1. The van der Waals surface area contributed by atoms with Gasteiger partial charge in [-0.2, -0.15) is 18.3 Å². The van der Waals surface area contributed by atoms with E-state index in [1.54, 1.807) is 13.8 Å². The minimum atomic E-state index is -4.60. The van der Waals surface area contributed by atoms with E-state index in [-0.39, 0.29) is 30.1 Å². The molecule has 9 heteroatoms. The first-order valence-corrected chi connectivity index (χ1v) is 8.79. The summed E-state index contributed by atoms with van der Waals surface area (Å²) in [6.07, 6.45) is -4.81. The van der Waals surface area contributed by atoms with E-state index >= 15 is 0 Å². The van der Waals surface area contributed by atoms with Gasteiger partial charge >= 0.3 is 6.18 Å². The number of carbonyl (C=O) groups excluding carboxylic acids is 1. The lowest BCUT2D eigenvalue weighted by molar-refractivity contribution is -0.137. The summed E-state index contributed by atoms with van der Waals surface area (Å²) >= 11 is 0. The van der Waals surface area contributed by atoms with E-state index in [2.05, 4.69) is 5.10 Å². The largest absolute Gasteiger partial charge is 0.418 e. The van der Waals surface area contributed by atoms with E-state index in [4.69, 9.17) is 4.74 Å². The number of rotatable bonds is 2. The molecule has 3 rings (SSSR count). The Balaban J connectivity index is 2.10. The van der Waals surface area contributed by atoms with Crippen LogP contribution >= 0.6 is 0 Å². The number of amides is 1. The van der Waals surface area contributed by atoms with Gasteiger partial charge < -0.3 is 9.64 Å². The van der Waals surface area contributed by atoms with Gasteiger partial charge in [0.05, 0.1) is 30.0 Å². The van der Waals surface area contributed by atoms with Crippen LogP contribution in [0.4, 0.5) is 13.2 Å². The number of ether oxygens (including phenoxy) is 1. The fourth-order valence-corrected chi connectivity index (χ4v) is 3.16. The Kier molecular flexibility index (Phi) is 5.29. The molecule has 1 aromatic carbocycles. The Morgan fingerprint density at radius 2 is 1.93 bits per heavy atom. The third kappa shape index (κ3) is 3.80. The van der Waals surface area contributed by atoms with Crippen molar-refractivity contribution in [2.45, 2.75) is 39.1 Å². The second kappa shape index (κ2) is 7.38. The van der Waals surface area contributed by atoms with Crippen molar-refractivity contribution in [2.75, 3.05) is 13.2 Å². The molecule has 2 heterocycles. The minimum absolute atomic E-state index is 0.196. The van der Waals surface area contributed by atoms with E-state index in [1.807, 2.05) is 0 Å². The highest BCUT2D eigenvalue weighted by molar-refractivity contribution is 5.92. The standard InChI is InChI=1S/C19H20F3N3O3/c1-11-8-16(26)17(18(27)24-9-13(3)28-10-12(24)2)23-25(11)15-7-5-4-6-14(15)19(20,21)22/h4-8,12-13H,9-10H2,1-3H3. The lowest BCUT2D eigenvalue weighted by atomic mass is 10.1. The molecule has 0 N–H and O–H groups in total. The number of morpholine rings is 1. The maximum atomic E-state index is 13.4. The van der Waals surface area contributed by atoms with Crippen LogP contribution < -0.4 is 5.43 Å². The van der Waals surface area contributed by atoms with Crippen molar-refractivity contribution >= 4 is 5.91 Å². The van der Waals surface area contributed by atoms with Gasteiger partial charge in [-0.25, -0.2) is 4.68 Å². The second-order valence-electron chi connectivity index (χ2n) is 6.88. The first-order chi connectivity index (χ1) is 13.1. The molecule has 6 nitrogen and oxygen atoms in total. The fraction of sp³-hybridized carbons (Fsp3) is 0.421. The summed E-state index contributed by atoms with van der Waals surface area (Å²) < 4.78 is 46.7. The summed E-state index contributed by atoms with van der Waals surface area (Å²) in [4.78, 5) is 26.8. The van der Waals surface area contributed by atoms with Crippen molar-refractivity contribution in [3.8, 4) is 5.69 Å². The Labute approximate surface area is 159 Å². The molecule has 2 aromatic rings. The average Bonchev–Trinajstić information content (AvgIpc) is 2.62. The molecule has 1 fully saturated rings. The highest BCUT2D eigenvalue weighted by atomic mass is 19.4. The summed E-state index contributed by atoms with van der Waals surface area (Å²) in [5.74, 6) is -0.620. The predicted molar refractivity (Wildman–Crippen MR) is 95.5 cm³/mol. The first-order valence-electron chi connectivity index (χ1n) is 8.79. The number of hydrogen-bond acceptors (Lipinski definition) is 4. The maximum absolute atomic E-state index is 13.4. The van der Waals surface area contributed by atoms with Gasteiger partial charge in [0, 0.05) is 18.3 Å². The van der Waals surface area contributed by atoms with E-state index < -0.39 is 28.8 Å². The molecule has 0 radical (unpaired) electrons. The normalized spacial score (nSPS) is 20.3. The molecule has 1 aliphatic heterocycles. The molecule has 0 spiro atoms. The number of hydrogen-bond donors (Lipinski definition) is 0. The number of nitrogens with zero attached hydrogens (tertiary/aromatic N) is 3. The Morgan fingerprint density at radius 1 is 1.25 bits per heavy atom. The Morgan fingerprint density at radius 3 is 2.61 bits per heavy atom. The molecule has 2 atom stereocenters. The maximum Gasteiger partial charge on any atom is 0.418 e. The number of benzene rings is 1. The van der Waals surface area contributed by atoms with Crippen molar-refractivity contribution in [2.24, 2.45) is 0 Å². The van der Waals surface area contributed by atoms with Crippen LogP contribution in [0.1, 0.15) is 35.6 Å². The fourth-order valence-electron chi connectivity index (χ4n) is 3.16. The highest BCUT2D eigenvalue weighted by Crippen LogP contribution is 2.33. The van der Waals surface area contributed by atoms with Crippen molar-refractivity contribution in [3.63, 3.8) is 0 Å². The SMILES string of the molecule is Cc1cc(=O)c(C(=O)N2CC(C)OCC2C)nn1-c1ccccc1C(F)(F)F. The van der Waals surface area contributed by atoms with Gasteiger partial charge in [-0.15, -0.1) is 0 Å². The van der Waals surface area contributed by atoms with Gasteiger partial charge in [0.2, 0.25) is 5.43 Å². The van der Waals surface area contributed by atoms with Crippen LogP contribution in [0.2, 0.25) is 0 Å². The molecule has 150 valence electrons. The molecular formula is C19H20F3N3O3. The van der Waals surface area contributed by atoms with Gasteiger partial charge in [0.15, 0.2) is 5.69 Å². The van der Waals surface area contributed by atoms with Crippen LogP contribution in [-0.4, -0.2) is 45.9 Å². The molecule has 1 aromatic heterocycles. The van der Waals surface area contributed by atoms with Crippen molar-refractivity contribution in [1.29, 1.82) is 0 Å². The van der Waals surface area contributed by atoms with Crippen molar-refractivity contribution in [1.82, 2.24) is 14.7 Å². The monoisotopic (exact) mass is 395 g/mol. The van der Waals surface area contributed by atoms with Crippen LogP contribution in [0.15, 0.2) is 35.1 Å². The smallest absolute Gasteiger partial charge is 0.375 e. The first kappa shape index (κ1) is 20.1. The lowest BCUT2D eigenvalue weighted by Gasteiger charge is -2.36. The summed E-state index contributed by atoms with van der Waals surface area (Å²) in [5, 5.41) is 4.02. The van der Waals surface area contributed by atoms with Crippen LogP contribution in [0.3, 0.4) is 0 Å². The molecule has 1 aliphatic rings. The molecular weight excluding hydrogens is 375 g/mol. The Hall–Kier alpha value is -2.68. The van der Waals surface area contributed by atoms with Gasteiger partial charge in [-0.3, -0.25) is 9.59 Å². The molecule has 28 heavy (non-hydrogen) atoms. The molecule has 1 saturated heterocycles. The zero-order chi connectivity index (χ0) is 20.6. The van der Waals surface area contributed by atoms with Crippen LogP contribution in [0.5, 0.6) is 0 Å². The minimum Gasteiger partial charge on any atom is -0.375 e. The summed E-state index contributed by atoms with van der Waals surface area (Å²) in [7, 11) is 0. The van der Waals surface area contributed by atoms with Gasteiger partial charge in [-0.1, -0.05) is 12.1 Å². The zero-order valence-corrected chi connectivity index (χ0v) is 15.7. The van der Waals surface area contributed by atoms with Gasteiger partial charge in [0.1, 0.15) is 0 Å². The average molecular weight is 395 g/mol. The number of aromatic nitrogens is 2. The molecule has 0 saturated carbocycles. The number of alkyl halides is 3. The summed E-state index contributed by atoms with van der Waals surface area (Å²) in [6, 6.07) is 5.75. The molecule has 2 unspecified atom stereocenters. The lowest BCUT2D eigenvalue weighted by Crippen LogP contribution is -2.51. The van der Waals surface area contributed by atoms with E-state index in [9.17, 15) is 22.8 Å². The summed E-state index contributed by atoms with van der Waals surface area (Å²) in [6.45, 7) is 5.62. The third-order valence-electron chi connectivity index (χ3n) is 4.62. The van der Waals surface area contributed by atoms with E-state index in [1.165, 1.54) is 30.0 Å². The number of carbonyl (C=O) groups is 1. The van der Waals surface area contributed by atoms with Crippen LogP contribution in [-0.2, 0) is 10.9 Å². The highest BCUT2D eigenvalue weighted by Gasteiger charge is 2.35. The third-order valence-corrected chi connectivity index (χ3v) is 4.62. The number of halogens is 3. The zero-order valence-electron chi connectivity index (χ0n) is 15.7. The van der Waals surface area contributed by atoms with Gasteiger partial charge in [-0.05, 0) is 32.9 Å². The van der Waals surface area contributed by atoms with Crippen molar-refractivity contribution < 1.29 is 22.7 Å². The van der Waals surface area contributed by atoms with Crippen LogP contribution in [0.25, 0.3) is 5.69 Å². The van der Waals surface area contributed by atoms with Gasteiger partial charge in [0.25, 0.3) is 5.91 Å². The van der Waals surface area contributed by atoms with Crippen molar-refractivity contribution in [3.05, 3.63) is 57.5 Å². The van der Waals surface area contributed by atoms with E-state index in [0.717, 1.165) is 16.8 Å². The topological polar surface area (TPSA) is 64.4 Å². The van der Waals surface area contributed by atoms with E-state index in [0.29, 0.717) is 6.61 Å². The molecule has 0 aliphatic carbocycles. The quantitative estimate of drug-likeness (QED) is 0.785. The Bertz CT molecular complexity index is 955. The van der Waals surface area contributed by atoms with Crippen LogP contribution in [0, 0.1) is 6.92 Å². The summed E-state index contributed by atoms with van der Waals surface area (Å²) in [5.41, 5.74) is -1.99. The molecule has 0 bridgehead atoms. The molecule has 1 amide bonds. The number of para-hydroxylation sites is 1. The predicted octanol–water partition coefficient (Wildman–Crippen LogP) is 2.81. The second-order valence-corrected chi connectivity index (χ2v) is 6.88.